The van der Waals surface area contributed by atoms with Gasteiger partial charge in [0, 0.05) is 30.1 Å². The fourth-order valence-corrected chi connectivity index (χ4v) is 5.60. The summed E-state index contributed by atoms with van der Waals surface area (Å²) in [5.41, 5.74) is 6.75. The summed E-state index contributed by atoms with van der Waals surface area (Å²) in [5, 5.41) is 14.8. The van der Waals surface area contributed by atoms with E-state index in [1.807, 2.05) is 48.5 Å². The lowest BCUT2D eigenvalue weighted by molar-refractivity contribution is 0.0964. The topological polar surface area (TPSA) is 95.8 Å². The predicted octanol–water partition coefficient (Wildman–Crippen LogP) is 7.14. The van der Waals surface area contributed by atoms with Crippen molar-refractivity contribution in [1.29, 1.82) is 0 Å². The van der Waals surface area contributed by atoms with Gasteiger partial charge in [0.2, 0.25) is 0 Å². The van der Waals surface area contributed by atoms with Crippen LogP contribution < -0.4 is 10.6 Å². The molecule has 8 heteroatoms. The van der Waals surface area contributed by atoms with Crippen molar-refractivity contribution in [3.05, 3.63) is 119 Å². The van der Waals surface area contributed by atoms with Crippen LogP contribution in [0, 0.1) is 12.7 Å². The molecule has 2 heterocycles. The first-order chi connectivity index (χ1) is 20.9. The molecule has 1 aliphatic carbocycles. The van der Waals surface area contributed by atoms with Gasteiger partial charge in [0.1, 0.15) is 23.0 Å². The van der Waals surface area contributed by atoms with E-state index in [2.05, 4.69) is 46.0 Å². The maximum Gasteiger partial charge on any atom is 0.255 e. The minimum absolute atomic E-state index is 0.208. The quantitative estimate of drug-likeness (QED) is 0.181. The highest BCUT2D eigenvalue weighted by molar-refractivity contribution is 6.11. The Balaban J connectivity index is 1.18. The van der Waals surface area contributed by atoms with Crippen LogP contribution in [0.4, 0.5) is 4.39 Å². The number of rotatable bonds is 8. The van der Waals surface area contributed by atoms with E-state index in [4.69, 9.17) is 9.40 Å². The number of nitrogens with zero attached hydrogens (tertiary/aromatic N) is 2. The molecule has 7 nitrogen and oxygen atoms in total. The Kier molecular flexibility index (Phi) is 6.63. The molecule has 0 bridgehead atoms. The number of furan rings is 1. The Labute approximate surface area is 248 Å². The smallest absolute Gasteiger partial charge is 0.255 e. The van der Waals surface area contributed by atoms with Gasteiger partial charge < -0.3 is 15.1 Å². The number of nitrogens with one attached hydrogen (secondary N) is 3. The third-order valence-electron chi connectivity index (χ3n) is 8.21. The second-order valence-electron chi connectivity index (χ2n) is 11.1. The Bertz CT molecular complexity index is 1960. The monoisotopic (exact) mass is 571 g/mol. The largest absolute Gasteiger partial charge is 0.455 e. The molecule has 1 saturated carbocycles. The number of hydrogen-bond acceptors (Lipinski definition) is 5. The second kappa shape index (κ2) is 10.6. The highest BCUT2D eigenvalue weighted by atomic mass is 19.1. The van der Waals surface area contributed by atoms with Crippen molar-refractivity contribution in [1.82, 2.24) is 25.8 Å². The standard InChI is InChI=1S/C35H30FN5O2/c1-21-8-9-22(20-38-35(16-17-35)34-39-32(40-41-34)24-6-4-3-5-7-24)18-27(21)25-12-15-29-28(19-25)30(33(42)37-2)31(43-29)23-10-13-26(36)14-11-23/h3-15,18-19,38H,16-17,20H2,1-2H3,(H,37,42)(H,39,40,41). The van der Waals surface area contributed by atoms with Crippen LogP contribution in [0.2, 0.25) is 0 Å². The third kappa shape index (κ3) is 5.00. The molecule has 0 atom stereocenters. The molecule has 0 aliphatic heterocycles. The molecular weight excluding hydrogens is 541 g/mol. The van der Waals surface area contributed by atoms with Crippen LogP contribution in [0.15, 0.2) is 95.4 Å². The Hall–Kier alpha value is -5.08. The summed E-state index contributed by atoms with van der Waals surface area (Å²) >= 11 is 0. The highest BCUT2D eigenvalue weighted by Gasteiger charge is 2.47. The van der Waals surface area contributed by atoms with Crippen molar-refractivity contribution in [3.63, 3.8) is 0 Å². The minimum atomic E-state index is -0.348. The Morgan fingerprint density at radius 2 is 1.72 bits per heavy atom. The lowest BCUT2D eigenvalue weighted by Crippen LogP contribution is -2.29. The van der Waals surface area contributed by atoms with Gasteiger partial charge in [-0.3, -0.25) is 9.89 Å². The fourth-order valence-electron chi connectivity index (χ4n) is 5.60. The number of amides is 1. The molecule has 3 N–H and O–H groups in total. The molecule has 0 unspecified atom stereocenters. The lowest BCUT2D eigenvalue weighted by atomic mass is 9.95. The van der Waals surface area contributed by atoms with Crippen molar-refractivity contribution in [2.75, 3.05) is 7.05 Å². The van der Waals surface area contributed by atoms with Crippen LogP contribution in [0.5, 0.6) is 0 Å². The number of carbonyl (C=O) groups excluding carboxylic acids is 1. The van der Waals surface area contributed by atoms with E-state index in [0.717, 1.165) is 46.5 Å². The second-order valence-corrected chi connectivity index (χ2v) is 11.1. The fraction of sp³-hybridized carbons (Fsp3) is 0.171. The van der Waals surface area contributed by atoms with Gasteiger partial charge in [-0.05, 0) is 84.5 Å². The molecule has 1 aliphatic rings. The van der Waals surface area contributed by atoms with E-state index in [1.165, 1.54) is 12.1 Å². The summed E-state index contributed by atoms with van der Waals surface area (Å²) in [6, 6.07) is 28.3. The van der Waals surface area contributed by atoms with Crippen LogP contribution >= 0.6 is 0 Å². The van der Waals surface area contributed by atoms with Crippen LogP contribution in [0.1, 0.15) is 40.2 Å². The zero-order valence-corrected chi connectivity index (χ0v) is 23.9. The molecule has 214 valence electrons. The molecule has 2 aromatic heterocycles. The van der Waals surface area contributed by atoms with Gasteiger partial charge in [0.05, 0.1) is 11.1 Å². The van der Waals surface area contributed by atoms with E-state index in [-0.39, 0.29) is 17.3 Å². The Morgan fingerprint density at radius 3 is 2.47 bits per heavy atom. The normalized spacial score (nSPS) is 13.7. The first-order valence-corrected chi connectivity index (χ1v) is 14.3. The van der Waals surface area contributed by atoms with Crippen molar-refractivity contribution >= 4 is 16.9 Å². The van der Waals surface area contributed by atoms with E-state index >= 15 is 0 Å². The summed E-state index contributed by atoms with van der Waals surface area (Å²) in [7, 11) is 1.59. The summed E-state index contributed by atoms with van der Waals surface area (Å²) in [6.45, 7) is 2.75. The molecule has 4 aromatic carbocycles. The van der Waals surface area contributed by atoms with E-state index < -0.39 is 0 Å². The molecular formula is C35H30FN5O2. The van der Waals surface area contributed by atoms with Gasteiger partial charge in [-0.25, -0.2) is 9.37 Å². The summed E-state index contributed by atoms with van der Waals surface area (Å²) < 4.78 is 19.7. The van der Waals surface area contributed by atoms with Gasteiger partial charge in [-0.15, -0.1) is 0 Å². The number of carbonyl (C=O) groups is 1. The van der Waals surface area contributed by atoms with Crippen molar-refractivity contribution in [2.24, 2.45) is 0 Å². The van der Waals surface area contributed by atoms with Gasteiger partial charge in [0.25, 0.3) is 5.91 Å². The first-order valence-electron chi connectivity index (χ1n) is 14.3. The Morgan fingerprint density at radius 1 is 0.953 bits per heavy atom. The molecule has 1 fully saturated rings. The maximum absolute atomic E-state index is 13.6. The van der Waals surface area contributed by atoms with Crippen LogP contribution in [0.25, 0.3) is 44.8 Å². The van der Waals surface area contributed by atoms with Gasteiger partial charge >= 0.3 is 0 Å². The minimum Gasteiger partial charge on any atom is -0.455 e. The number of benzene rings is 4. The summed E-state index contributed by atoms with van der Waals surface area (Å²) in [4.78, 5) is 17.8. The number of halogens is 1. The van der Waals surface area contributed by atoms with Crippen LogP contribution in [0.3, 0.4) is 0 Å². The van der Waals surface area contributed by atoms with Crippen LogP contribution in [-0.2, 0) is 12.1 Å². The molecule has 0 saturated heterocycles. The number of aromatic nitrogens is 3. The van der Waals surface area contributed by atoms with E-state index in [1.54, 1.807) is 19.2 Å². The van der Waals surface area contributed by atoms with Gasteiger partial charge in [0.15, 0.2) is 5.82 Å². The zero-order chi connectivity index (χ0) is 29.6. The lowest BCUT2D eigenvalue weighted by Gasteiger charge is -2.16. The molecule has 7 rings (SSSR count). The van der Waals surface area contributed by atoms with Crippen LogP contribution in [-0.4, -0.2) is 28.1 Å². The third-order valence-corrected chi connectivity index (χ3v) is 8.21. The number of H-pyrrole nitrogens is 1. The van der Waals surface area contributed by atoms with Crippen molar-refractivity contribution < 1.29 is 13.6 Å². The average Bonchev–Trinajstić information content (AvgIpc) is 3.48. The zero-order valence-electron chi connectivity index (χ0n) is 23.9. The number of fused-ring (bicyclic) bond motifs is 1. The molecule has 0 spiro atoms. The highest BCUT2D eigenvalue weighted by Crippen LogP contribution is 2.44. The number of hydrogen-bond donors (Lipinski definition) is 3. The maximum atomic E-state index is 13.6. The van der Waals surface area contributed by atoms with Crippen molar-refractivity contribution in [2.45, 2.75) is 31.8 Å². The number of aryl methyl sites for hydroxylation is 1. The summed E-state index contributed by atoms with van der Waals surface area (Å²) in [6.07, 6.45) is 1.98. The van der Waals surface area contributed by atoms with Crippen molar-refractivity contribution in [3.8, 4) is 33.8 Å². The van der Waals surface area contributed by atoms with Gasteiger partial charge in [-0.1, -0.05) is 48.5 Å². The molecule has 6 aromatic rings. The SMILES string of the molecule is CNC(=O)c1c(-c2ccc(F)cc2)oc2ccc(-c3cc(CNC4(c5nc(-c6ccccc6)n[nH]5)CC4)ccc3C)cc12. The number of aromatic amines is 1. The summed E-state index contributed by atoms with van der Waals surface area (Å²) in [5.74, 6) is 1.37. The molecule has 1 amide bonds. The average molecular weight is 572 g/mol. The van der Waals surface area contributed by atoms with Gasteiger partial charge in [-0.2, -0.15) is 5.10 Å². The van der Waals surface area contributed by atoms with E-state index in [0.29, 0.717) is 40.2 Å². The molecule has 43 heavy (non-hydrogen) atoms. The van der Waals surface area contributed by atoms with E-state index in [9.17, 15) is 9.18 Å². The predicted molar refractivity (Wildman–Crippen MR) is 165 cm³/mol. The molecule has 0 radical (unpaired) electrons. The first kappa shape index (κ1) is 26.8.